The number of hydrogen-bond acceptors (Lipinski definition) is 3. The fraction of sp³-hybridized carbons (Fsp3) is 0.333. The highest BCUT2D eigenvalue weighted by Gasteiger charge is 2.30. The van der Waals surface area contributed by atoms with Crippen LogP contribution in [-0.2, 0) is 35.2 Å². The Balaban J connectivity index is 2.12. The van der Waals surface area contributed by atoms with Crippen molar-refractivity contribution in [2.24, 2.45) is 5.92 Å². The van der Waals surface area contributed by atoms with Crippen LogP contribution in [0, 0.1) is 5.92 Å². The number of aliphatic hydroxyl groups is 1. The second kappa shape index (κ2) is 9.56. The third-order valence-corrected chi connectivity index (χ3v) is 4.59. The Kier molecular flexibility index (Phi) is 7.39. The van der Waals surface area contributed by atoms with Crippen LogP contribution in [0.3, 0.4) is 0 Å². The zero-order valence-electron chi connectivity index (χ0n) is 15.8. The van der Waals surface area contributed by atoms with Crippen LogP contribution >= 0.6 is 0 Å². The molecule has 8 heteroatoms. The quantitative estimate of drug-likeness (QED) is 0.614. The van der Waals surface area contributed by atoms with Crippen molar-refractivity contribution in [3.05, 3.63) is 64.7 Å². The van der Waals surface area contributed by atoms with Crippen LogP contribution < -0.4 is 5.32 Å². The Morgan fingerprint density at radius 1 is 1.07 bits per heavy atom. The van der Waals surface area contributed by atoms with E-state index < -0.39 is 29.5 Å². The molecule has 3 N–H and O–H groups in total. The number of halogens is 3. The van der Waals surface area contributed by atoms with Crippen molar-refractivity contribution in [1.82, 2.24) is 0 Å². The molecule has 0 aliphatic rings. The largest absolute Gasteiger partial charge is 0.481 e. The predicted octanol–water partition coefficient (Wildman–Crippen LogP) is 4.03. The summed E-state index contributed by atoms with van der Waals surface area (Å²) in [7, 11) is 0. The van der Waals surface area contributed by atoms with Gasteiger partial charge in [-0.3, -0.25) is 9.59 Å². The van der Waals surface area contributed by atoms with Gasteiger partial charge >= 0.3 is 12.1 Å². The summed E-state index contributed by atoms with van der Waals surface area (Å²) in [5, 5.41) is 21.3. The summed E-state index contributed by atoms with van der Waals surface area (Å²) in [6, 6.07) is 9.23. The van der Waals surface area contributed by atoms with E-state index in [0.717, 1.165) is 12.1 Å². The highest BCUT2D eigenvalue weighted by Crippen LogP contribution is 2.29. The number of aliphatic carboxylic acids is 1. The number of rotatable bonds is 8. The Labute approximate surface area is 166 Å². The highest BCUT2D eigenvalue weighted by atomic mass is 19.4. The molecule has 2 aromatic rings. The topological polar surface area (TPSA) is 86.6 Å². The average molecular weight is 409 g/mol. The van der Waals surface area contributed by atoms with E-state index in [1.54, 1.807) is 25.1 Å². The smallest absolute Gasteiger partial charge is 0.416 e. The molecule has 2 rings (SSSR count). The van der Waals surface area contributed by atoms with Gasteiger partial charge in [0.25, 0.3) is 0 Å². The molecule has 0 aromatic heterocycles. The maximum Gasteiger partial charge on any atom is 0.416 e. The minimum atomic E-state index is -4.44. The number of alkyl halides is 3. The van der Waals surface area contributed by atoms with E-state index in [2.05, 4.69) is 5.32 Å². The van der Waals surface area contributed by atoms with Crippen molar-refractivity contribution in [2.75, 3.05) is 5.32 Å². The van der Waals surface area contributed by atoms with Crippen molar-refractivity contribution < 1.29 is 33.0 Å². The molecular weight excluding hydrogens is 387 g/mol. The van der Waals surface area contributed by atoms with Crippen molar-refractivity contribution in [3.63, 3.8) is 0 Å². The maximum atomic E-state index is 12.6. The molecule has 0 unspecified atom stereocenters. The van der Waals surface area contributed by atoms with Gasteiger partial charge < -0.3 is 15.5 Å². The molecule has 0 aliphatic carbocycles. The molecule has 0 fully saturated rings. The first kappa shape index (κ1) is 22.4. The lowest BCUT2D eigenvalue weighted by Gasteiger charge is -2.14. The minimum absolute atomic E-state index is 0.139. The summed E-state index contributed by atoms with van der Waals surface area (Å²) < 4.78 is 37.9. The number of aliphatic hydroxyl groups excluding tert-OH is 1. The van der Waals surface area contributed by atoms with E-state index >= 15 is 0 Å². The van der Waals surface area contributed by atoms with Crippen LogP contribution in [0.25, 0.3) is 0 Å². The molecule has 0 spiro atoms. The molecule has 29 heavy (non-hydrogen) atoms. The van der Waals surface area contributed by atoms with Crippen molar-refractivity contribution in [2.45, 2.75) is 39.0 Å². The van der Waals surface area contributed by atoms with E-state index in [4.69, 9.17) is 0 Å². The fourth-order valence-electron chi connectivity index (χ4n) is 2.89. The van der Waals surface area contributed by atoms with Gasteiger partial charge in [-0.1, -0.05) is 31.2 Å². The van der Waals surface area contributed by atoms with E-state index in [9.17, 15) is 33.0 Å². The Morgan fingerprint density at radius 3 is 2.21 bits per heavy atom. The van der Waals surface area contributed by atoms with Gasteiger partial charge in [0.05, 0.1) is 24.5 Å². The first-order valence-electron chi connectivity index (χ1n) is 9.05. The maximum absolute atomic E-state index is 12.6. The fourth-order valence-corrected chi connectivity index (χ4v) is 2.89. The number of carbonyl (C=O) groups excluding carboxylic acids is 1. The van der Waals surface area contributed by atoms with Crippen LogP contribution in [0.4, 0.5) is 18.9 Å². The SMILES string of the molecule is CC[C@@H](Cc1ccc(CO)c(NC(=O)Cc2ccc(C(F)(F)F)cc2)c1)C(=O)O. The number of nitrogens with one attached hydrogen (secondary N) is 1. The average Bonchev–Trinajstić information content (AvgIpc) is 2.65. The molecule has 0 heterocycles. The zero-order chi connectivity index (χ0) is 21.6. The number of hydrogen-bond donors (Lipinski definition) is 3. The third-order valence-electron chi connectivity index (χ3n) is 4.59. The van der Waals surface area contributed by atoms with Crippen LogP contribution in [0.15, 0.2) is 42.5 Å². The summed E-state index contributed by atoms with van der Waals surface area (Å²) in [5.41, 5.74) is 1.12. The van der Waals surface area contributed by atoms with Gasteiger partial charge in [0, 0.05) is 11.3 Å². The van der Waals surface area contributed by atoms with Gasteiger partial charge in [-0.05, 0) is 42.2 Å². The van der Waals surface area contributed by atoms with E-state index in [0.29, 0.717) is 28.8 Å². The molecule has 156 valence electrons. The molecular formula is C21H22F3NO4. The van der Waals surface area contributed by atoms with Crippen LogP contribution in [0.5, 0.6) is 0 Å². The lowest BCUT2D eigenvalue weighted by molar-refractivity contribution is -0.142. The molecule has 1 amide bonds. The molecule has 5 nitrogen and oxygen atoms in total. The zero-order valence-corrected chi connectivity index (χ0v) is 15.8. The first-order chi connectivity index (χ1) is 13.6. The van der Waals surface area contributed by atoms with Crippen molar-refractivity contribution in [3.8, 4) is 0 Å². The summed E-state index contributed by atoms with van der Waals surface area (Å²) in [6.45, 7) is 1.44. The van der Waals surface area contributed by atoms with Gasteiger partial charge in [0.15, 0.2) is 0 Å². The first-order valence-corrected chi connectivity index (χ1v) is 9.05. The number of benzene rings is 2. The molecule has 0 saturated carbocycles. The molecule has 0 bridgehead atoms. The highest BCUT2D eigenvalue weighted by molar-refractivity contribution is 5.93. The number of carboxylic acid groups (broad SMARTS) is 1. The lowest BCUT2D eigenvalue weighted by Crippen LogP contribution is -2.17. The summed E-state index contributed by atoms with van der Waals surface area (Å²) >= 11 is 0. The molecule has 2 aromatic carbocycles. The van der Waals surface area contributed by atoms with Crippen LogP contribution in [0.2, 0.25) is 0 Å². The van der Waals surface area contributed by atoms with Gasteiger partial charge in [-0.25, -0.2) is 0 Å². The van der Waals surface area contributed by atoms with E-state index in [1.807, 2.05) is 0 Å². The molecule has 0 aliphatic heterocycles. The normalized spacial score (nSPS) is 12.4. The monoisotopic (exact) mass is 409 g/mol. The molecule has 0 radical (unpaired) electrons. The van der Waals surface area contributed by atoms with Crippen molar-refractivity contribution in [1.29, 1.82) is 0 Å². The Hall–Kier alpha value is -2.87. The molecule has 1 atom stereocenters. The van der Waals surface area contributed by atoms with Crippen molar-refractivity contribution >= 4 is 17.6 Å². The predicted molar refractivity (Wildman–Crippen MR) is 101 cm³/mol. The summed E-state index contributed by atoms with van der Waals surface area (Å²) in [4.78, 5) is 23.6. The van der Waals surface area contributed by atoms with Gasteiger partial charge in [-0.15, -0.1) is 0 Å². The van der Waals surface area contributed by atoms with E-state index in [1.165, 1.54) is 12.1 Å². The standard InChI is InChI=1S/C21H22F3NO4/c1-2-15(20(28)29)9-14-3-6-16(12-26)18(10-14)25-19(27)11-13-4-7-17(8-5-13)21(22,23)24/h3-8,10,15,26H,2,9,11-12H2,1H3,(H,25,27)(H,28,29)/t15-/m0/s1. The second-order valence-corrected chi connectivity index (χ2v) is 6.72. The second-order valence-electron chi connectivity index (χ2n) is 6.72. The van der Waals surface area contributed by atoms with E-state index in [-0.39, 0.29) is 19.4 Å². The van der Waals surface area contributed by atoms with Gasteiger partial charge in [0.1, 0.15) is 0 Å². The van der Waals surface area contributed by atoms with Gasteiger partial charge in [0.2, 0.25) is 5.91 Å². The van der Waals surface area contributed by atoms with Crippen LogP contribution in [0.1, 0.15) is 35.6 Å². The minimum Gasteiger partial charge on any atom is -0.481 e. The summed E-state index contributed by atoms with van der Waals surface area (Å²) in [6.07, 6.45) is -3.85. The number of carbonyl (C=O) groups is 2. The van der Waals surface area contributed by atoms with Crippen LogP contribution in [-0.4, -0.2) is 22.1 Å². The summed E-state index contributed by atoms with van der Waals surface area (Å²) in [5.74, 6) is -1.93. The van der Waals surface area contributed by atoms with Gasteiger partial charge in [-0.2, -0.15) is 13.2 Å². The third kappa shape index (κ3) is 6.32. The Bertz CT molecular complexity index is 863. The number of amides is 1. The number of carboxylic acids is 1. The lowest BCUT2D eigenvalue weighted by atomic mass is 9.95. The number of anilines is 1. The Morgan fingerprint density at radius 2 is 1.69 bits per heavy atom. The molecule has 0 saturated heterocycles.